The van der Waals surface area contributed by atoms with Crippen LogP contribution < -0.4 is 4.74 Å². The normalized spacial score (nSPS) is 14.5. The summed E-state index contributed by atoms with van der Waals surface area (Å²) < 4.78 is 10.5. The Kier molecular flexibility index (Phi) is 5.57. The molecule has 112 valence electrons. The molecule has 20 heavy (non-hydrogen) atoms. The Labute approximate surface area is 120 Å². The first kappa shape index (κ1) is 16.5. The Hall–Kier alpha value is -1.55. The number of carbonyl (C=O) groups excluding carboxylic acids is 1. The van der Waals surface area contributed by atoms with Gasteiger partial charge in [-0.25, -0.2) is 0 Å². The van der Waals surface area contributed by atoms with Crippen molar-refractivity contribution >= 4 is 5.97 Å². The van der Waals surface area contributed by atoms with E-state index in [0.29, 0.717) is 17.7 Å². The first-order chi connectivity index (χ1) is 9.28. The summed E-state index contributed by atoms with van der Waals surface area (Å²) in [6.45, 7) is 7.30. The third-order valence-corrected chi connectivity index (χ3v) is 2.97. The minimum absolute atomic E-state index is 0.379. The molecule has 0 heterocycles. The zero-order valence-corrected chi connectivity index (χ0v) is 12.8. The van der Waals surface area contributed by atoms with E-state index in [1.165, 1.54) is 0 Å². The fourth-order valence-electron chi connectivity index (χ4n) is 1.95. The zero-order valence-electron chi connectivity index (χ0n) is 12.8. The van der Waals surface area contributed by atoms with E-state index in [2.05, 4.69) is 0 Å². The first-order valence-electron chi connectivity index (χ1n) is 6.83. The van der Waals surface area contributed by atoms with E-state index in [1.54, 1.807) is 31.4 Å². The van der Waals surface area contributed by atoms with Crippen molar-refractivity contribution < 1.29 is 19.4 Å². The molecule has 4 heteroatoms. The summed E-state index contributed by atoms with van der Waals surface area (Å²) in [7, 11) is 1.57. The highest BCUT2D eigenvalue weighted by molar-refractivity contribution is 5.73. The van der Waals surface area contributed by atoms with Gasteiger partial charge < -0.3 is 14.6 Å². The Balaban J connectivity index is 2.90. The maximum absolute atomic E-state index is 12.1. The molecule has 1 aromatic rings. The second-order valence-electron chi connectivity index (χ2n) is 5.77. The largest absolute Gasteiger partial charge is 0.497 e. The molecule has 0 aliphatic rings. The lowest BCUT2D eigenvalue weighted by Gasteiger charge is -2.26. The molecule has 0 aromatic heterocycles. The third-order valence-electron chi connectivity index (χ3n) is 2.97. The van der Waals surface area contributed by atoms with E-state index in [9.17, 15) is 9.90 Å². The number of hydrogen-bond donors (Lipinski definition) is 1. The predicted octanol–water partition coefficient (Wildman–Crippen LogP) is 3.10. The van der Waals surface area contributed by atoms with Crippen molar-refractivity contribution in [3.8, 4) is 5.75 Å². The van der Waals surface area contributed by atoms with E-state index < -0.39 is 17.6 Å². The molecular weight excluding hydrogens is 256 g/mol. The SMILES string of the molecule is CC[C@H](C(=O)OC(C)(C)C)[C@@H](O)c1cccc(OC)c1. The van der Waals surface area contributed by atoms with Crippen LogP contribution in [-0.2, 0) is 9.53 Å². The molecule has 0 unspecified atom stereocenters. The molecule has 1 rings (SSSR count). The lowest BCUT2D eigenvalue weighted by molar-refractivity contribution is -0.164. The number of rotatable bonds is 5. The third kappa shape index (κ3) is 4.53. The number of aliphatic hydroxyl groups excluding tert-OH is 1. The minimum Gasteiger partial charge on any atom is -0.497 e. The van der Waals surface area contributed by atoms with Gasteiger partial charge in [0.25, 0.3) is 0 Å². The molecule has 0 amide bonds. The van der Waals surface area contributed by atoms with Crippen LogP contribution in [0.2, 0.25) is 0 Å². The van der Waals surface area contributed by atoms with Crippen LogP contribution in [-0.4, -0.2) is 23.8 Å². The van der Waals surface area contributed by atoms with Crippen molar-refractivity contribution in [3.63, 3.8) is 0 Å². The fourth-order valence-corrected chi connectivity index (χ4v) is 1.95. The van der Waals surface area contributed by atoms with Crippen molar-refractivity contribution in [2.45, 2.75) is 45.8 Å². The summed E-state index contributed by atoms with van der Waals surface area (Å²) in [5, 5.41) is 10.4. The molecule has 0 saturated heterocycles. The van der Waals surface area contributed by atoms with Gasteiger partial charge in [-0.3, -0.25) is 4.79 Å². The van der Waals surface area contributed by atoms with E-state index in [4.69, 9.17) is 9.47 Å². The molecule has 0 bridgehead atoms. The van der Waals surface area contributed by atoms with E-state index in [-0.39, 0.29) is 5.97 Å². The Morgan fingerprint density at radius 2 is 2.00 bits per heavy atom. The van der Waals surface area contributed by atoms with Crippen LogP contribution in [0.4, 0.5) is 0 Å². The van der Waals surface area contributed by atoms with Gasteiger partial charge in [0.15, 0.2) is 0 Å². The Morgan fingerprint density at radius 1 is 1.35 bits per heavy atom. The summed E-state index contributed by atoms with van der Waals surface area (Å²) in [5.74, 6) is -0.308. The van der Waals surface area contributed by atoms with Crippen LogP contribution in [0.15, 0.2) is 24.3 Å². The average molecular weight is 280 g/mol. The van der Waals surface area contributed by atoms with Crippen molar-refractivity contribution in [2.75, 3.05) is 7.11 Å². The molecule has 0 spiro atoms. The van der Waals surface area contributed by atoms with Gasteiger partial charge in [0, 0.05) is 0 Å². The number of hydrogen-bond acceptors (Lipinski definition) is 4. The minimum atomic E-state index is -0.898. The number of carbonyl (C=O) groups is 1. The zero-order chi connectivity index (χ0) is 15.3. The predicted molar refractivity (Wildman–Crippen MR) is 77.6 cm³/mol. The Bertz CT molecular complexity index is 448. The lowest BCUT2D eigenvalue weighted by Crippen LogP contribution is -2.31. The fraction of sp³-hybridized carbons (Fsp3) is 0.562. The summed E-state index contributed by atoms with van der Waals surface area (Å²) in [5.41, 5.74) is 0.0977. The summed E-state index contributed by atoms with van der Waals surface area (Å²) >= 11 is 0. The summed E-state index contributed by atoms with van der Waals surface area (Å²) in [6, 6.07) is 7.10. The highest BCUT2D eigenvalue weighted by Gasteiger charge is 2.30. The first-order valence-corrected chi connectivity index (χ1v) is 6.83. The van der Waals surface area contributed by atoms with Crippen LogP contribution in [0, 0.1) is 5.92 Å². The van der Waals surface area contributed by atoms with Gasteiger partial charge in [-0.2, -0.15) is 0 Å². The monoisotopic (exact) mass is 280 g/mol. The quantitative estimate of drug-likeness (QED) is 0.842. The van der Waals surface area contributed by atoms with Crippen LogP contribution in [0.1, 0.15) is 45.8 Å². The maximum atomic E-state index is 12.1. The van der Waals surface area contributed by atoms with Crippen LogP contribution in [0.3, 0.4) is 0 Å². The van der Waals surface area contributed by atoms with Gasteiger partial charge in [0.2, 0.25) is 0 Å². The average Bonchev–Trinajstić information content (AvgIpc) is 2.37. The number of esters is 1. The van der Waals surface area contributed by atoms with Gasteiger partial charge in [0.05, 0.1) is 19.1 Å². The highest BCUT2D eigenvalue weighted by atomic mass is 16.6. The highest BCUT2D eigenvalue weighted by Crippen LogP contribution is 2.29. The van der Waals surface area contributed by atoms with Crippen LogP contribution in [0.5, 0.6) is 5.75 Å². The number of aliphatic hydroxyl groups is 1. The topological polar surface area (TPSA) is 55.8 Å². The van der Waals surface area contributed by atoms with Crippen molar-refractivity contribution in [1.82, 2.24) is 0 Å². The van der Waals surface area contributed by atoms with E-state index in [0.717, 1.165) is 0 Å². The molecule has 1 aromatic carbocycles. The van der Waals surface area contributed by atoms with Crippen molar-refractivity contribution in [1.29, 1.82) is 0 Å². The van der Waals surface area contributed by atoms with Gasteiger partial charge in [-0.05, 0) is 44.9 Å². The molecule has 0 fully saturated rings. The number of methoxy groups -OCH3 is 1. The Morgan fingerprint density at radius 3 is 2.50 bits per heavy atom. The van der Waals surface area contributed by atoms with Gasteiger partial charge in [-0.1, -0.05) is 19.1 Å². The molecule has 2 atom stereocenters. The van der Waals surface area contributed by atoms with Crippen LogP contribution >= 0.6 is 0 Å². The summed E-state index contributed by atoms with van der Waals surface area (Å²) in [4.78, 5) is 12.1. The van der Waals surface area contributed by atoms with Gasteiger partial charge in [-0.15, -0.1) is 0 Å². The van der Waals surface area contributed by atoms with Crippen molar-refractivity contribution in [2.24, 2.45) is 5.92 Å². The molecule has 0 aliphatic heterocycles. The second-order valence-corrected chi connectivity index (χ2v) is 5.77. The molecule has 0 radical (unpaired) electrons. The second kappa shape index (κ2) is 6.75. The van der Waals surface area contributed by atoms with Gasteiger partial charge >= 0.3 is 5.97 Å². The van der Waals surface area contributed by atoms with Crippen LogP contribution in [0.25, 0.3) is 0 Å². The summed E-state index contributed by atoms with van der Waals surface area (Å²) in [6.07, 6.45) is -0.391. The molecular formula is C16H24O4. The van der Waals surface area contributed by atoms with Crippen molar-refractivity contribution in [3.05, 3.63) is 29.8 Å². The van der Waals surface area contributed by atoms with E-state index >= 15 is 0 Å². The lowest BCUT2D eigenvalue weighted by atomic mass is 9.93. The number of benzene rings is 1. The molecule has 4 nitrogen and oxygen atoms in total. The maximum Gasteiger partial charge on any atom is 0.312 e. The number of ether oxygens (including phenoxy) is 2. The standard InChI is InChI=1S/C16H24O4/c1-6-13(15(18)20-16(2,3)4)14(17)11-8-7-9-12(10-11)19-5/h7-10,13-14,17H,6H2,1-5H3/t13-,14-/m0/s1. The smallest absolute Gasteiger partial charge is 0.312 e. The van der Waals surface area contributed by atoms with Gasteiger partial charge in [0.1, 0.15) is 11.4 Å². The molecule has 1 N–H and O–H groups in total. The molecule has 0 aliphatic carbocycles. The molecule has 0 saturated carbocycles. The van der Waals surface area contributed by atoms with E-state index in [1.807, 2.05) is 27.7 Å².